The SMILES string of the molecule is ClP(Cl)(c1ccccc1)(c1ccccc1)c1ccccc1.[Cl][Pd][Cl]. The van der Waals surface area contributed by atoms with Gasteiger partial charge in [0.1, 0.15) is 0 Å². The summed E-state index contributed by atoms with van der Waals surface area (Å²) in [7, 11) is 9.63. The molecule has 0 spiro atoms. The van der Waals surface area contributed by atoms with E-state index in [1.165, 1.54) is 0 Å². The van der Waals surface area contributed by atoms with Crippen molar-refractivity contribution in [1.82, 2.24) is 0 Å². The molecule has 130 valence electrons. The Morgan fingerprint density at radius 1 is 0.500 bits per heavy atom. The van der Waals surface area contributed by atoms with Gasteiger partial charge in [-0.15, -0.1) is 0 Å². The molecule has 0 N–H and O–H groups in total. The zero-order valence-corrected chi connectivity index (χ0v) is 17.9. The summed E-state index contributed by atoms with van der Waals surface area (Å²) in [5.41, 5.74) is 0. The molecule has 0 amide bonds. The summed E-state index contributed by atoms with van der Waals surface area (Å²) < 4.78 is 0. The van der Waals surface area contributed by atoms with Gasteiger partial charge in [-0.2, -0.15) is 0 Å². The predicted molar refractivity (Wildman–Crippen MR) is 109 cm³/mol. The molecular weight excluding hydrogens is 495 g/mol. The zero-order valence-electron chi connectivity index (χ0n) is 12.4. The second kappa shape index (κ2) is 9.03. The Labute approximate surface area is 168 Å². The zero-order chi connectivity index (χ0) is 17.5. The van der Waals surface area contributed by atoms with Crippen LogP contribution in [-0.4, -0.2) is 0 Å². The van der Waals surface area contributed by atoms with Crippen LogP contribution in [0.4, 0.5) is 0 Å². The first kappa shape index (κ1) is 20.2. The van der Waals surface area contributed by atoms with Gasteiger partial charge in [0.15, 0.2) is 0 Å². The molecule has 3 aromatic rings. The normalized spacial score (nSPS) is 12.6. The number of halogens is 4. The first-order valence-electron chi connectivity index (χ1n) is 6.98. The Morgan fingerprint density at radius 2 is 0.708 bits per heavy atom. The summed E-state index contributed by atoms with van der Waals surface area (Å²) in [6, 6.07) is 29.9. The molecule has 0 aromatic heterocycles. The molecule has 0 heterocycles. The van der Waals surface area contributed by atoms with Crippen LogP contribution in [0, 0.1) is 0 Å². The molecule has 0 aliphatic carbocycles. The maximum absolute atomic E-state index is 7.27. The number of hydrogen-bond acceptors (Lipinski definition) is 0. The standard InChI is InChI=1S/C18H15Cl2P.2ClH.Pd/c19-21(20,16-10-4-1-5-11-16,17-12-6-2-7-13-17)18-14-8-3-9-15-18;;;/h1-15H;2*1H;/q;;;+2/p-2. The third-order valence-electron chi connectivity index (χ3n) is 3.63. The molecule has 0 unspecified atom stereocenters. The van der Waals surface area contributed by atoms with Crippen LogP contribution in [0.2, 0.25) is 0 Å². The van der Waals surface area contributed by atoms with Crippen molar-refractivity contribution in [3.63, 3.8) is 0 Å². The molecule has 6 heteroatoms. The first-order valence-corrected chi connectivity index (χ1v) is 15.0. The van der Waals surface area contributed by atoms with Crippen molar-refractivity contribution in [1.29, 1.82) is 0 Å². The Morgan fingerprint density at radius 3 is 0.917 bits per heavy atom. The Hall–Kier alpha value is -0.0877. The Bertz CT molecular complexity index is 648. The molecule has 24 heavy (non-hydrogen) atoms. The third kappa shape index (κ3) is 4.17. The van der Waals surface area contributed by atoms with E-state index in [9.17, 15) is 0 Å². The average Bonchev–Trinajstić information content (AvgIpc) is 2.65. The van der Waals surface area contributed by atoms with Crippen LogP contribution >= 0.6 is 46.8 Å². The van der Waals surface area contributed by atoms with Gasteiger partial charge in [-0.3, -0.25) is 0 Å². The van der Waals surface area contributed by atoms with Crippen LogP contribution in [0.1, 0.15) is 0 Å². The summed E-state index contributed by atoms with van der Waals surface area (Å²) >= 11 is 14.4. The van der Waals surface area contributed by atoms with Gasteiger partial charge in [0.2, 0.25) is 0 Å². The molecule has 0 radical (unpaired) electrons. The summed E-state index contributed by atoms with van der Waals surface area (Å²) in [6.45, 7) is 0. The number of benzene rings is 3. The Kier molecular flexibility index (Phi) is 7.61. The van der Waals surface area contributed by atoms with Crippen molar-refractivity contribution in [2.24, 2.45) is 0 Å². The predicted octanol–water partition coefficient (Wildman–Crippen LogP) is 6.20. The van der Waals surface area contributed by atoms with E-state index in [1.807, 2.05) is 91.0 Å². The molecule has 0 bridgehead atoms. The summed E-state index contributed by atoms with van der Waals surface area (Å²) in [5, 5.41) is -0.543. The molecule has 0 fully saturated rings. The van der Waals surface area contributed by atoms with E-state index in [1.54, 1.807) is 0 Å². The van der Waals surface area contributed by atoms with E-state index in [0.29, 0.717) is 0 Å². The van der Waals surface area contributed by atoms with Crippen LogP contribution in [0.15, 0.2) is 91.0 Å². The summed E-state index contributed by atoms with van der Waals surface area (Å²) in [6.07, 6.45) is 0. The molecule has 0 saturated heterocycles. The van der Waals surface area contributed by atoms with E-state index in [-0.39, 0.29) is 15.9 Å². The van der Waals surface area contributed by atoms with Crippen molar-refractivity contribution in [2.45, 2.75) is 0 Å². The molecule has 0 aliphatic heterocycles. The molecular formula is C18H15Cl4PPd. The second-order valence-corrected chi connectivity index (χ2v) is 15.3. The van der Waals surface area contributed by atoms with E-state index in [4.69, 9.17) is 41.5 Å². The van der Waals surface area contributed by atoms with E-state index in [2.05, 4.69) is 0 Å². The number of rotatable bonds is 3. The van der Waals surface area contributed by atoms with Gasteiger partial charge >= 0.3 is 170 Å². The number of hydrogen-bond donors (Lipinski definition) is 0. The van der Waals surface area contributed by atoms with Gasteiger partial charge in [-0.25, -0.2) is 0 Å². The van der Waals surface area contributed by atoms with E-state index >= 15 is 0 Å². The van der Waals surface area contributed by atoms with E-state index in [0.717, 1.165) is 15.9 Å². The monoisotopic (exact) mass is 508 g/mol. The molecule has 0 aliphatic rings. The molecule has 0 atom stereocenters. The molecule has 0 saturated carbocycles. The van der Waals surface area contributed by atoms with Gasteiger partial charge in [0.25, 0.3) is 0 Å². The van der Waals surface area contributed by atoms with E-state index < -0.39 is 5.31 Å². The third-order valence-corrected chi connectivity index (χ3v) is 10.8. The van der Waals surface area contributed by atoms with Gasteiger partial charge in [-0.1, -0.05) is 0 Å². The fourth-order valence-corrected chi connectivity index (χ4v) is 7.53. The quantitative estimate of drug-likeness (QED) is 0.291. The maximum atomic E-state index is 7.27. The topological polar surface area (TPSA) is 0 Å². The van der Waals surface area contributed by atoms with Crippen LogP contribution in [0.3, 0.4) is 0 Å². The summed E-state index contributed by atoms with van der Waals surface area (Å²) in [4.78, 5) is 0. The fourth-order valence-electron chi connectivity index (χ4n) is 2.52. The van der Waals surface area contributed by atoms with Crippen molar-refractivity contribution < 1.29 is 15.9 Å². The Balaban J connectivity index is 0.000000647. The van der Waals surface area contributed by atoms with Gasteiger partial charge < -0.3 is 0 Å². The van der Waals surface area contributed by atoms with Crippen LogP contribution in [0.5, 0.6) is 0 Å². The van der Waals surface area contributed by atoms with Gasteiger partial charge in [0.05, 0.1) is 0 Å². The molecule has 3 aromatic carbocycles. The minimum atomic E-state index is -3.43. The molecule has 0 nitrogen and oxygen atoms in total. The minimum absolute atomic E-state index is 0.106. The van der Waals surface area contributed by atoms with Crippen LogP contribution < -0.4 is 15.9 Å². The summed E-state index contributed by atoms with van der Waals surface area (Å²) in [5.74, 6) is 0. The average molecular weight is 511 g/mol. The first-order chi connectivity index (χ1) is 11.5. The fraction of sp³-hybridized carbons (Fsp3) is 0. The van der Waals surface area contributed by atoms with Crippen molar-refractivity contribution in [3.8, 4) is 0 Å². The molecule has 3 rings (SSSR count). The van der Waals surface area contributed by atoms with Crippen molar-refractivity contribution in [3.05, 3.63) is 91.0 Å². The van der Waals surface area contributed by atoms with Crippen molar-refractivity contribution >= 4 is 62.8 Å². The van der Waals surface area contributed by atoms with Gasteiger partial charge in [-0.05, 0) is 0 Å². The van der Waals surface area contributed by atoms with Crippen LogP contribution in [0.25, 0.3) is 0 Å². The van der Waals surface area contributed by atoms with Crippen molar-refractivity contribution in [2.75, 3.05) is 0 Å². The second-order valence-electron chi connectivity index (χ2n) is 4.96. The van der Waals surface area contributed by atoms with Gasteiger partial charge in [0, 0.05) is 0 Å². The van der Waals surface area contributed by atoms with Crippen LogP contribution in [-0.2, 0) is 15.9 Å².